The number of thiophene rings is 1. The predicted octanol–water partition coefficient (Wildman–Crippen LogP) is 5.17. The SMILES string of the molecule is C[C@@H]1CC1c1ccc2sc3ccc([C@]4(C)CS(=O)(=O)C(C)(C)C(=N)N4)cc3c2c1. The molecule has 1 saturated heterocycles. The van der Waals surface area contributed by atoms with Gasteiger partial charge in [-0.15, -0.1) is 11.3 Å². The molecule has 5 rings (SSSR count). The average molecular weight is 427 g/mol. The van der Waals surface area contributed by atoms with Gasteiger partial charge in [0.1, 0.15) is 10.6 Å². The third-order valence-electron chi connectivity index (χ3n) is 6.93. The van der Waals surface area contributed by atoms with Crippen molar-refractivity contribution in [2.45, 2.75) is 50.3 Å². The lowest BCUT2D eigenvalue weighted by atomic mass is 9.91. The Hall–Kier alpha value is -1.92. The molecule has 2 aromatic carbocycles. The lowest BCUT2D eigenvalue weighted by Crippen LogP contribution is -2.63. The van der Waals surface area contributed by atoms with Gasteiger partial charge in [0.05, 0.1) is 11.3 Å². The van der Waals surface area contributed by atoms with E-state index in [-0.39, 0.29) is 11.6 Å². The molecule has 1 saturated carbocycles. The zero-order chi connectivity index (χ0) is 20.8. The Kier molecular flexibility index (Phi) is 3.83. The minimum Gasteiger partial charge on any atom is -0.362 e. The predicted molar refractivity (Wildman–Crippen MR) is 122 cm³/mol. The van der Waals surface area contributed by atoms with Crippen molar-refractivity contribution in [3.05, 3.63) is 47.5 Å². The summed E-state index contributed by atoms with van der Waals surface area (Å²) in [6.07, 6.45) is 1.26. The van der Waals surface area contributed by atoms with Crippen LogP contribution < -0.4 is 5.32 Å². The fraction of sp³-hybridized carbons (Fsp3) is 0.435. The standard InChI is InChI=1S/C23H26N2O2S2/c1-13-9-16(13)14-5-7-19-17(10-14)18-11-15(6-8-20(18)28-19)23(4)12-29(26,27)22(2,3)21(24)25-23/h5-8,10-11,13,16H,9,12H2,1-4H3,(H2,24,25)/t13-,16?,23+/m1/s1. The first-order valence-corrected chi connectivity index (χ1v) is 12.5. The maximum Gasteiger partial charge on any atom is 0.165 e. The molecule has 0 radical (unpaired) electrons. The van der Waals surface area contributed by atoms with Gasteiger partial charge in [-0.1, -0.05) is 19.1 Å². The van der Waals surface area contributed by atoms with Gasteiger partial charge >= 0.3 is 0 Å². The Morgan fingerprint density at radius 1 is 1.07 bits per heavy atom. The summed E-state index contributed by atoms with van der Waals surface area (Å²) in [4.78, 5) is 0. The first-order valence-electron chi connectivity index (χ1n) is 10.1. The Bertz CT molecular complexity index is 1290. The molecule has 1 unspecified atom stereocenters. The van der Waals surface area contributed by atoms with Gasteiger partial charge in [-0.2, -0.15) is 0 Å². The highest BCUT2D eigenvalue weighted by atomic mass is 32.2. The molecule has 2 aliphatic rings. The number of sulfone groups is 1. The van der Waals surface area contributed by atoms with Crippen LogP contribution in [0.25, 0.3) is 20.2 Å². The molecule has 0 amide bonds. The van der Waals surface area contributed by atoms with E-state index >= 15 is 0 Å². The minimum atomic E-state index is -3.45. The number of nitrogens with one attached hydrogen (secondary N) is 2. The molecule has 3 atom stereocenters. The van der Waals surface area contributed by atoms with Crippen molar-refractivity contribution >= 4 is 47.2 Å². The third-order valence-corrected chi connectivity index (χ3v) is 10.8. The zero-order valence-corrected chi connectivity index (χ0v) is 18.8. The van der Waals surface area contributed by atoms with Crippen molar-refractivity contribution in [3.8, 4) is 0 Å². The fourth-order valence-corrected chi connectivity index (χ4v) is 7.28. The number of hydrogen-bond donors (Lipinski definition) is 2. The van der Waals surface area contributed by atoms with E-state index in [4.69, 9.17) is 5.41 Å². The van der Waals surface area contributed by atoms with Gasteiger partial charge < -0.3 is 5.32 Å². The van der Waals surface area contributed by atoms with Crippen LogP contribution >= 0.6 is 11.3 Å². The van der Waals surface area contributed by atoms with Gasteiger partial charge in [0.15, 0.2) is 9.84 Å². The second-order valence-corrected chi connectivity index (χ2v) is 13.1. The summed E-state index contributed by atoms with van der Waals surface area (Å²) < 4.78 is 27.1. The smallest absolute Gasteiger partial charge is 0.165 e. The van der Waals surface area contributed by atoms with Gasteiger partial charge in [-0.25, -0.2) is 8.42 Å². The van der Waals surface area contributed by atoms with E-state index in [9.17, 15) is 8.42 Å². The molecular weight excluding hydrogens is 400 g/mol. The van der Waals surface area contributed by atoms with E-state index in [0.717, 1.165) is 11.5 Å². The summed E-state index contributed by atoms with van der Waals surface area (Å²) >= 11 is 1.78. The maximum absolute atomic E-state index is 12.9. The van der Waals surface area contributed by atoms with Crippen LogP contribution in [-0.2, 0) is 15.4 Å². The monoisotopic (exact) mass is 426 g/mol. The number of fused-ring (bicyclic) bond motifs is 3. The zero-order valence-electron chi connectivity index (χ0n) is 17.2. The quantitative estimate of drug-likeness (QED) is 0.594. The van der Waals surface area contributed by atoms with Crippen LogP contribution in [0.2, 0.25) is 0 Å². The molecule has 29 heavy (non-hydrogen) atoms. The van der Waals surface area contributed by atoms with Gasteiger partial charge in [0, 0.05) is 20.2 Å². The highest BCUT2D eigenvalue weighted by Crippen LogP contribution is 2.48. The molecule has 3 aromatic rings. The van der Waals surface area contributed by atoms with Crippen LogP contribution in [0.4, 0.5) is 0 Å². The van der Waals surface area contributed by atoms with E-state index in [2.05, 4.69) is 42.6 Å². The van der Waals surface area contributed by atoms with Crippen LogP contribution in [0.5, 0.6) is 0 Å². The maximum atomic E-state index is 12.9. The molecule has 0 bridgehead atoms. The highest BCUT2D eigenvalue weighted by molar-refractivity contribution is 7.93. The third kappa shape index (κ3) is 2.76. The van der Waals surface area contributed by atoms with E-state index in [0.29, 0.717) is 5.92 Å². The van der Waals surface area contributed by atoms with Crippen LogP contribution in [0.3, 0.4) is 0 Å². The van der Waals surface area contributed by atoms with Crippen molar-refractivity contribution in [2.24, 2.45) is 5.92 Å². The van der Waals surface area contributed by atoms with Gasteiger partial charge in [0.2, 0.25) is 0 Å². The molecule has 152 valence electrons. The molecule has 0 spiro atoms. The molecule has 1 aromatic heterocycles. The molecular formula is C23H26N2O2S2. The number of hydrogen-bond acceptors (Lipinski definition) is 4. The lowest BCUT2D eigenvalue weighted by molar-refractivity contribution is 0.443. The summed E-state index contributed by atoms with van der Waals surface area (Å²) in [5.74, 6) is 1.47. The molecule has 4 nitrogen and oxygen atoms in total. The van der Waals surface area contributed by atoms with E-state index in [1.54, 1.807) is 25.2 Å². The van der Waals surface area contributed by atoms with Crippen molar-refractivity contribution < 1.29 is 8.42 Å². The molecule has 2 N–H and O–H groups in total. The summed E-state index contributed by atoms with van der Waals surface area (Å²) in [7, 11) is -3.45. The Morgan fingerprint density at radius 2 is 1.69 bits per heavy atom. The van der Waals surface area contributed by atoms with E-state index < -0.39 is 20.1 Å². The Labute approximate surface area is 175 Å². The molecule has 2 heterocycles. The van der Waals surface area contributed by atoms with Crippen molar-refractivity contribution in [3.63, 3.8) is 0 Å². The summed E-state index contributed by atoms with van der Waals surface area (Å²) in [5.41, 5.74) is 1.51. The summed E-state index contributed by atoms with van der Waals surface area (Å²) in [5, 5.41) is 14.0. The largest absolute Gasteiger partial charge is 0.362 e. The van der Waals surface area contributed by atoms with Crippen LogP contribution in [0.15, 0.2) is 36.4 Å². The topological polar surface area (TPSA) is 70.0 Å². The normalized spacial score (nSPS) is 30.4. The molecule has 1 aliphatic heterocycles. The number of rotatable bonds is 2. The Morgan fingerprint density at radius 3 is 2.31 bits per heavy atom. The number of amidine groups is 1. The van der Waals surface area contributed by atoms with Crippen LogP contribution in [-0.4, -0.2) is 24.8 Å². The second kappa shape index (κ2) is 5.82. The molecule has 1 aliphatic carbocycles. The second-order valence-electron chi connectivity index (χ2n) is 9.49. The average Bonchev–Trinajstić information content (AvgIpc) is 3.26. The highest BCUT2D eigenvalue weighted by Gasteiger charge is 2.50. The van der Waals surface area contributed by atoms with Crippen LogP contribution in [0.1, 0.15) is 51.2 Å². The van der Waals surface area contributed by atoms with Crippen LogP contribution in [0, 0.1) is 11.3 Å². The van der Waals surface area contributed by atoms with E-state index in [1.807, 2.05) is 13.0 Å². The van der Waals surface area contributed by atoms with Crippen molar-refractivity contribution in [2.75, 3.05) is 5.75 Å². The van der Waals surface area contributed by atoms with Crippen molar-refractivity contribution in [1.82, 2.24) is 5.32 Å². The lowest BCUT2D eigenvalue weighted by Gasteiger charge is -2.43. The molecule has 6 heteroatoms. The fourth-order valence-electron chi connectivity index (χ4n) is 4.49. The Balaban J connectivity index is 1.64. The minimum absolute atomic E-state index is 0.0200. The summed E-state index contributed by atoms with van der Waals surface area (Å²) in [6, 6.07) is 13.0. The van der Waals surface area contributed by atoms with Gasteiger partial charge in [-0.05, 0) is 74.4 Å². The summed E-state index contributed by atoms with van der Waals surface area (Å²) in [6.45, 7) is 7.40. The molecule has 2 fully saturated rings. The van der Waals surface area contributed by atoms with Gasteiger partial charge in [-0.3, -0.25) is 5.41 Å². The first-order chi connectivity index (χ1) is 13.5. The van der Waals surface area contributed by atoms with E-state index in [1.165, 1.54) is 32.2 Å². The van der Waals surface area contributed by atoms with Crippen molar-refractivity contribution in [1.29, 1.82) is 5.41 Å². The number of benzene rings is 2. The first kappa shape index (κ1) is 19.1. The van der Waals surface area contributed by atoms with Gasteiger partial charge in [0.25, 0.3) is 0 Å².